The molecule has 0 bridgehead atoms. The highest BCUT2D eigenvalue weighted by Gasteiger charge is 2.13. The third-order valence-electron chi connectivity index (χ3n) is 2.00. The summed E-state index contributed by atoms with van der Waals surface area (Å²) < 4.78 is 13.2. The number of hydrogen-bond donors (Lipinski definition) is 0. The van der Waals surface area contributed by atoms with Gasteiger partial charge in [-0.15, -0.1) is 0 Å². The highest BCUT2D eigenvalue weighted by atomic mass is 35.5. The monoisotopic (exact) mass is 214 g/mol. The Balaban J connectivity index is 3.02. The Bertz CT molecular complexity index is 314. The van der Waals surface area contributed by atoms with E-state index in [9.17, 15) is 4.39 Å². The zero-order valence-electron chi connectivity index (χ0n) is 9.12. The molecule has 78 valence electrons. The van der Waals surface area contributed by atoms with Crippen molar-refractivity contribution in [3.05, 3.63) is 34.1 Å². The van der Waals surface area contributed by atoms with Crippen molar-refractivity contribution >= 4 is 11.6 Å². The minimum Gasteiger partial charge on any atom is -0.205 e. The predicted molar refractivity (Wildman–Crippen MR) is 59.3 cm³/mol. The average Bonchev–Trinajstić information content (AvgIpc) is 1.96. The topological polar surface area (TPSA) is 0 Å². The van der Waals surface area contributed by atoms with Crippen LogP contribution >= 0.6 is 11.6 Å². The van der Waals surface area contributed by atoms with Crippen molar-refractivity contribution in [2.24, 2.45) is 5.41 Å². The van der Waals surface area contributed by atoms with Gasteiger partial charge in [-0.05, 0) is 36.0 Å². The zero-order chi connectivity index (χ0) is 10.9. The van der Waals surface area contributed by atoms with E-state index in [1.807, 2.05) is 6.07 Å². The molecular formula is C12H16ClF. The molecule has 0 radical (unpaired) electrons. The third-order valence-corrected chi connectivity index (χ3v) is 2.28. The number of aryl methyl sites for hydroxylation is 1. The van der Waals surface area contributed by atoms with E-state index in [0.717, 1.165) is 12.0 Å². The zero-order valence-corrected chi connectivity index (χ0v) is 9.87. The first-order chi connectivity index (χ1) is 6.29. The molecule has 0 N–H and O–H groups in total. The van der Waals surface area contributed by atoms with Gasteiger partial charge >= 0.3 is 0 Å². The lowest BCUT2D eigenvalue weighted by Gasteiger charge is -2.18. The van der Waals surface area contributed by atoms with E-state index in [2.05, 4.69) is 20.8 Å². The van der Waals surface area contributed by atoms with Crippen LogP contribution < -0.4 is 0 Å². The molecule has 14 heavy (non-hydrogen) atoms. The summed E-state index contributed by atoms with van der Waals surface area (Å²) >= 11 is 5.77. The van der Waals surface area contributed by atoms with E-state index < -0.39 is 0 Å². The van der Waals surface area contributed by atoms with E-state index in [-0.39, 0.29) is 16.3 Å². The molecule has 2 heteroatoms. The van der Waals surface area contributed by atoms with Gasteiger partial charge in [0.2, 0.25) is 0 Å². The molecular weight excluding hydrogens is 199 g/mol. The molecule has 1 aromatic carbocycles. The Morgan fingerprint density at radius 2 is 1.86 bits per heavy atom. The van der Waals surface area contributed by atoms with Crippen molar-refractivity contribution in [1.82, 2.24) is 0 Å². The lowest BCUT2D eigenvalue weighted by molar-refractivity contribution is 0.411. The molecule has 0 unspecified atom stereocenters. The minimum atomic E-state index is -0.302. The molecule has 0 aromatic heterocycles. The fourth-order valence-corrected chi connectivity index (χ4v) is 1.80. The van der Waals surface area contributed by atoms with Gasteiger partial charge in [0.1, 0.15) is 5.82 Å². The van der Waals surface area contributed by atoms with Gasteiger partial charge in [0.05, 0.1) is 5.02 Å². The van der Waals surface area contributed by atoms with Crippen molar-refractivity contribution in [1.29, 1.82) is 0 Å². The van der Waals surface area contributed by atoms with Gasteiger partial charge in [-0.3, -0.25) is 0 Å². The lowest BCUT2D eigenvalue weighted by atomic mass is 9.88. The molecule has 0 aliphatic heterocycles. The van der Waals surface area contributed by atoms with Crippen LogP contribution in [0.3, 0.4) is 0 Å². The molecule has 0 amide bonds. The van der Waals surface area contributed by atoms with Crippen LogP contribution in [0.5, 0.6) is 0 Å². The van der Waals surface area contributed by atoms with Crippen LogP contribution in [0.15, 0.2) is 12.1 Å². The van der Waals surface area contributed by atoms with Crippen LogP contribution in [0, 0.1) is 18.2 Å². The Morgan fingerprint density at radius 1 is 1.29 bits per heavy atom. The third kappa shape index (κ3) is 2.98. The van der Waals surface area contributed by atoms with Crippen molar-refractivity contribution in [3.63, 3.8) is 0 Å². The van der Waals surface area contributed by atoms with Gasteiger partial charge in [0.15, 0.2) is 0 Å². The standard InChI is InChI=1S/C12H16ClF/c1-8-5-9(7-12(2,3)4)6-10(13)11(8)14/h5-6H,7H2,1-4H3. The second-order valence-corrected chi connectivity index (χ2v) is 5.35. The molecule has 1 rings (SSSR count). The molecule has 0 atom stereocenters. The van der Waals surface area contributed by atoms with Gasteiger partial charge in [-0.2, -0.15) is 0 Å². The van der Waals surface area contributed by atoms with E-state index in [4.69, 9.17) is 11.6 Å². The van der Waals surface area contributed by atoms with Crippen molar-refractivity contribution in [2.45, 2.75) is 34.1 Å². The maximum Gasteiger partial charge on any atom is 0.144 e. The SMILES string of the molecule is Cc1cc(CC(C)(C)C)cc(Cl)c1F. The van der Waals surface area contributed by atoms with E-state index >= 15 is 0 Å². The maximum atomic E-state index is 13.2. The van der Waals surface area contributed by atoms with Crippen LogP contribution in [0.25, 0.3) is 0 Å². The van der Waals surface area contributed by atoms with Crippen molar-refractivity contribution < 1.29 is 4.39 Å². The summed E-state index contributed by atoms with van der Waals surface area (Å²) in [6.45, 7) is 8.20. The molecule has 0 saturated carbocycles. The summed E-state index contributed by atoms with van der Waals surface area (Å²) in [5.74, 6) is -0.302. The largest absolute Gasteiger partial charge is 0.205 e. The number of halogens is 2. The molecule has 0 spiro atoms. The van der Waals surface area contributed by atoms with Gasteiger partial charge in [0.25, 0.3) is 0 Å². The molecule has 0 fully saturated rings. The first kappa shape index (κ1) is 11.5. The van der Waals surface area contributed by atoms with Gasteiger partial charge in [0, 0.05) is 0 Å². The second-order valence-electron chi connectivity index (χ2n) is 4.95. The maximum absolute atomic E-state index is 13.2. The van der Waals surface area contributed by atoms with Crippen molar-refractivity contribution in [3.8, 4) is 0 Å². The van der Waals surface area contributed by atoms with Gasteiger partial charge in [-0.1, -0.05) is 38.4 Å². The number of hydrogen-bond acceptors (Lipinski definition) is 0. The Hall–Kier alpha value is -0.560. The van der Waals surface area contributed by atoms with Crippen LogP contribution in [0.4, 0.5) is 4.39 Å². The van der Waals surface area contributed by atoms with E-state index in [1.54, 1.807) is 13.0 Å². The summed E-state index contributed by atoms with van der Waals surface area (Å²) in [4.78, 5) is 0. The summed E-state index contributed by atoms with van der Waals surface area (Å²) in [6, 6.07) is 3.58. The predicted octanol–water partition coefficient (Wildman–Crippen LogP) is 4.38. The molecule has 0 aliphatic carbocycles. The first-order valence-corrected chi connectivity index (χ1v) is 5.12. The van der Waals surface area contributed by atoms with Crippen LogP contribution in [0.2, 0.25) is 5.02 Å². The van der Waals surface area contributed by atoms with E-state index in [0.29, 0.717) is 5.56 Å². The first-order valence-electron chi connectivity index (χ1n) is 4.74. The molecule has 0 aliphatic rings. The lowest BCUT2D eigenvalue weighted by Crippen LogP contribution is -2.09. The average molecular weight is 215 g/mol. The fraction of sp³-hybridized carbons (Fsp3) is 0.500. The van der Waals surface area contributed by atoms with Crippen LogP contribution in [0.1, 0.15) is 31.9 Å². The smallest absolute Gasteiger partial charge is 0.144 e. The minimum absolute atomic E-state index is 0.202. The van der Waals surface area contributed by atoms with Crippen LogP contribution in [-0.2, 0) is 6.42 Å². The van der Waals surface area contributed by atoms with Gasteiger partial charge < -0.3 is 0 Å². The fourth-order valence-electron chi connectivity index (χ4n) is 1.51. The highest BCUT2D eigenvalue weighted by Crippen LogP contribution is 2.25. The highest BCUT2D eigenvalue weighted by molar-refractivity contribution is 6.30. The van der Waals surface area contributed by atoms with Crippen molar-refractivity contribution in [2.75, 3.05) is 0 Å². The molecule has 0 heterocycles. The van der Waals surface area contributed by atoms with Crippen LogP contribution in [-0.4, -0.2) is 0 Å². The molecule has 0 nitrogen and oxygen atoms in total. The Kier molecular flexibility index (Phi) is 3.20. The normalized spacial score (nSPS) is 11.9. The summed E-state index contributed by atoms with van der Waals surface area (Å²) in [5.41, 5.74) is 1.92. The Morgan fingerprint density at radius 3 is 2.29 bits per heavy atom. The second kappa shape index (κ2) is 3.90. The molecule has 1 aromatic rings. The Labute approximate surface area is 90.1 Å². The summed E-state index contributed by atoms with van der Waals surface area (Å²) in [6.07, 6.45) is 0.911. The number of rotatable bonds is 1. The van der Waals surface area contributed by atoms with Gasteiger partial charge in [-0.25, -0.2) is 4.39 Å². The summed E-state index contributed by atoms with van der Waals surface area (Å²) in [7, 11) is 0. The van der Waals surface area contributed by atoms with E-state index in [1.165, 1.54) is 0 Å². The molecule has 0 saturated heterocycles. The quantitative estimate of drug-likeness (QED) is 0.651. The number of benzene rings is 1. The summed E-state index contributed by atoms with van der Waals surface area (Å²) in [5, 5.41) is 0.226.